The van der Waals surface area contributed by atoms with Crippen molar-refractivity contribution in [3.05, 3.63) is 109 Å². The molecule has 0 amide bonds. The summed E-state index contributed by atoms with van der Waals surface area (Å²) in [4.78, 5) is 0. The van der Waals surface area contributed by atoms with Gasteiger partial charge in [-0.3, -0.25) is 0 Å². The normalized spacial score (nSPS) is 11.2. The minimum Gasteiger partial charge on any atom is -1.00 e. The van der Waals surface area contributed by atoms with Crippen molar-refractivity contribution in [2.24, 2.45) is 0 Å². The van der Waals surface area contributed by atoms with Crippen LogP contribution in [0.2, 0.25) is 0 Å². The predicted molar refractivity (Wildman–Crippen MR) is 119 cm³/mol. The Morgan fingerprint density at radius 1 is 0.733 bits per heavy atom. The molecule has 3 heterocycles. The van der Waals surface area contributed by atoms with E-state index in [4.69, 9.17) is 0 Å². The number of halogens is 1. The zero-order valence-electron chi connectivity index (χ0n) is 16.3. The summed E-state index contributed by atoms with van der Waals surface area (Å²) in [5.74, 6) is 0. The van der Waals surface area contributed by atoms with Gasteiger partial charge in [0.25, 0.3) is 5.65 Å². The van der Waals surface area contributed by atoms with Gasteiger partial charge in [0.2, 0.25) is 0 Å². The number of fused-ring (bicyclic) bond motifs is 7. The van der Waals surface area contributed by atoms with Crippen LogP contribution in [0.4, 0.5) is 5.69 Å². The van der Waals surface area contributed by atoms with Crippen molar-refractivity contribution in [2.75, 3.05) is 5.32 Å². The number of hydrogen-bond donors (Lipinski definition) is 1. The lowest BCUT2D eigenvalue weighted by molar-refractivity contribution is -0.479. The minimum absolute atomic E-state index is 0. The highest BCUT2D eigenvalue weighted by Gasteiger charge is 2.16. The molecule has 4 heteroatoms. The summed E-state index contributed by atoms with van der Waals surface area (Å²) in [5, 5.41) is 6.01. The minimum atomic E-state index is 0. The molecular weight excluding hydrogens is 481 g/mol. The zero-order valence-corrected chi connectivity index (χ0v) is 18.5. The van der Waals surface area contributed by atoms with Gasteiger partial charge in [-0.05, 0) is 48.0 Å². The smallest absolute Gasteiger partial charge is 0.292 e. The number of rotatable bonds is 3. The SMILES string of the molecule is [I-].c1ccc(CNc2ccc3c(ccc4c[n+]5c6ccccc6ccc5n43)c2)cc1. The van der Waals surface area contributed by atoms with Crippen LogP contribution in [0.3, 0.4) is 0 Å². The van der Waals surface area contributed by atoms with E-state index < -0.39 is 0 Å². The van der Waals surface area contributed by atoms with E-state index in [1.807, 2.05) is 6.07 Å². The fraction of sp³-hybridized carbons (Fsp3) is 0.0385. The van der Waals surface area contributed by atoms with E-state index in [0.717, 1.165) is 12.2 Å². The Hall–Kier alpha value is -3.12. The van der Waals surface area contributed by atoms with E-state index in [2.05, 4.69) is 111 Å². The van der Waals surface area contributed by atoms with Crippen LogP contribution in [0.5, 0.6) is 0 Å². The molecule has 146 valence electrons. The van der Waals surface area contributed by atoms with Gasteiger partial charge < -0.3 is 29.3 Å². The van der Waals surface area contributed by atoms with Gasteiger partial charge in [0.1, 0.15) is 17.2 Å². The summed E-state index contributed by atoms with van der Waals surface area (Å²) in [6.07, 6.45) is 2.22. The fourth-order valence-corrected chi connectivity index (χ4v) is 4.21. The van der Waals surface area contributed by atoms with Crippen LogP contribution in [0.15, 0.2) is 103 Å². The molecule has 0 aliphatic rings. The van der Waals surface area contributed by atoms with Gasteiger partial charge in [-0.25, -0.2) is 0 Å². The van der Waals surface area contributed by atoms with Crippen molar-refractivity contribution in [3.63, 3.8) is 0 Å². The monoisotopic (exact) mass is 501 g/mol. The molecule has 1 N–H and O–H groups in total. The molecule has 0 atom stereocenters. The van der Waals surface area contributed by atoms with Gasteiger partial charge in [-0.15, -0.1) is 0 Å². The molecule has 6 rings (SSSR count). The number of para-hydroxylation sites is 1. The Kier molecular flexibility index (Phi) is 4.79. The third-order valence-electron chi connectivity index (χ3n) is 5.65. The zero-order chi connectivity index (χ0) is 19.2. The fourth-order valence-electron chi connectivity index (χ4n) is 4.21. The van der Waals surface area contributed by atoms with Crippen LogP contribution in [0.25, 0.3) is 33.0 Å². The molecule has 0 aliphatic heterocycles. The Balaban J connectivity index is 0.00000193. The second-order valence-corrected chi connectivity index (χ2v) is 7.46. The lowest BCUT2D eigenvalue weighted by atomic mass is 10.1. The first-order valence-corrected chi connectivity index (χ1v) is 9.92. The molecule has 6 aromatic rings. The maximum absolute atomic E-state index is 3.54. The Labute approximate surface area is 191 Å². The highest BCUT2D eigenvalue weighted by atomic mass is 127. The van der Waals surface area contributed by atoms with E-state index in [1.165, 1.54) is 38.5 Å². The van der Waals surface area contributed by atoms with E-state index in [0.29, 0.717) is 0 Å². The van der Waals surface area contributed by atoms with Crippen molar-refractivity contribution in [1.82, 2.24) is 4.40 Å². The van der Waals surface area contributed by atoms with Crippen molar-refractivity contribution in [1.29, 1.82) is 0 Å². The molecule has 30 heavy (non-hydrogen) atoms. The maximum Gasteiger partial charge on any atom is 0.292 e. The second-order valence-electron chi connectivity index (χ2n) is 7.46. The summed E-state index contributed by atoms with van der Waals surface area (Å²) in [6.45, 7) is 0.822. The molecular formula is C26H20IN3. The van der Waals surface area contributed by atoms with Crippen molar-refractivity contribution in [2.45, 2.75) is 6.54 Å². The van der Waals surface area contributed by atoms with E-state index >= 15 is 0 Å². The highest BCUT2D eigenvalue weighted by molar-refractivity contribution is 5.88. The van der Waals surface area contributed by atoms with Crippen molar-refractivity contribution in [3.8, 4) is 0 Å². The summed E-state index contributed by atoms with van der Waals surface area (Å²) in [7, 11) is 0. The summed E-state index contributed by atoms with van der Waals surface area (Å²) in [5.41, 5.74) is 7.22. The number of pyridine rings is 2. The molecule has 0 fully saturated rings. The molecule has 3 aromatic heterocycles. The van der Waals surface area contributed by atoms with E-state index in [9.17, 15) is 0 Å². The summed E-state index contributed by atoms with van der Waals surface area (Å²) >= 11 is 0. The largest absolute Gasteiger partial charge is 1.00 e. The first-order valence-electron chi connectivity index (χ1n) is 9.92. The topological polar surface area (TPSA) is 20.5 Å². The van der Waals surface area contributed by atoms with Crippen LogP contribution in [-0.4, -0.2) is 4.40 Å². The Bertz CT molecular complexity index is 1500. The van der Waals surface area contributed by atoms with E-state index in [1.54, 1.807) is 0 Å². The molecule has 0 radical (unpaired) electrons. The van der Waals surface area contributed by atoms with Gasteiger partial charge in [0.05, 0.1) is 0 Å². The number of benzene rings is 3. The number of aromatic nitrogens is 2. The van der Waals surface area contributed by atoms with Crippen LogP contribution in [0.1, 0.15) is 5.56 Å². The number of imidazole rings is 1. The van der Waals surface area contributed by atoms with Crippen LogP contribution >= 0.6 is 0 Å². The molecule has 0 saturated heterocycles. The van der Waals surface area contributed by atoms with Crippen LogP contribution < -0.4 is 33.7 Å². The van der Waals surface area contributed by atoms with Gasteiger partial charge in [-0.1, -0.05) is 48.5 Å². The maximum atomic E-state index is 3.54. The molecule has 0 bridgehead atoms. The van der Waals surface area contributed by atoms with Crippen molar-refractivity contribution >= 4 is 38.7 Å². The Morgan fingerprint density at radius 2 is 1.53 bits per heavy atom. The lowest BCUT2D eigenvalue weighted by Crippen LogP contribution is -3.00. The predicted octanol–water partition coefficient (Wildman–Crippen LogP) is 2.60. The summed E-state index contributed by atoms with van der Waals surface area (Å²) < 4.78 is 4.62. The summed E-state index contributed by atoms with van der Waals surface area (Å²) in [6, 6.07) is 34.4. The molecule has 0 spiro atoms. The van der Waals surface area contributed by atoms with Gasteiger partial charge in [-0.2, -0.15) is 8.80 Å². The van der Waals surface area contributed by atoms with Crippen LogP contribution in [0, 0.1) is 0 Å². The number of nitrogens with one attached hydrogen (secondary N) is 1. The second kappa shape index (κ2) is 7.61. The van der Waals surface area contributed by atoms with Gasteiger partial charge in [0, 0.05) is 29.1 Å². The Morgan fingerprint density at radius 3 is 2.43 bits per heavy atom. The number of anilines is 1. The first-order chi connectivity index (χ1) is 14.4. The molecule has 0 unspecified atom stereocenters. The van der Waals surface area contributed by atoms with Crippen LogP contribution in [-0.2, 0) is 6.54 Å². The molecule has 3 nitrogen and oxygen atoms in total. The van der Waals surface area contributed by atoms with Gasteiger partial charge in [0.15, 0.2) is 5.52 Å². The third kappa shape index (κ3) is 3.08. The number of nitrogens with zero attached hydrogens (tertiary/aromatic N) is 2. The average Bonchev–Trinajstić information content (AvgIpc) is 3.18. The average molecular weight is 501 g/mol. The van der Waals surface area contributed by atoms with Gasteiger partial charge >= 0.3 is 0 Å². The van der Waals surface area contributed by atoms with Crippen molar-refractivity contribution < 1.29 is 28.4 Å². The standard InChI is InChI=1S/C26H20N3.HI/c1-2-6-19(7-3-1)17-27-22-12-14-25-21(16-22)10-13-23-18-28-24-9-5-4-8-20(24)11-15-26(28)29(23)25;/h1-16,18,27H,17H2;1H/q+1;/p-1. The highest BCUT2D eigenvalue weighted by Crippen LogP contribution is 2.24. The number of hydrogen-bond acceptors (Lipinski definition) is 1. The first kappa shape index (κ1) is 18.9. The molecule has 0 aliphatic carbocycles. The third-order valence-corrected chi connectivity index (χ3v) is 5.65. The van der Waals surface area contributed by atoms with E-state index in [-0.39, 0.29) is 24.0 Å². The molecule has 0 saturated carbocycles. The lowest BCUT2D eigenvalue weighted by Gasteiger charge is -2.07. The quantitative estimate of drug-likeness (QED) is 0.292. The molecule has 3 aromatic carbocycles.